The fourth-order valence-corrected chi connectivity index (χ4v) is 1.91. The van der Waals surface area contributed by atoms with Crippen molar-refractivity contribution in [2.24, 2.45) is 18.2 Å². The Morgan fingerprint density at radius 1 is 1.58 bits per heavy atom. The lowest BCUT2D eigenvalue weighted by atomic mass is 10.1. The minimum Gasteiger partial charge on any atom is -0.337 e. The van der Waals surface area contributed by atoms with Gasteiger partial charge in [-0.1, -0.05) is 13.8 Å². The number of aromatic nitrogens is 2. The SMILES string of the molecule is Cn1cncc1C1C(N)C1(C)C. The van der Waals surface area contributed by atoms with Gasteiger partial charge in [0.1, 0.15) is 0 Å². The van der Waals surface area contributed by atoms with E-state index in [1.807, 2.05) is 19.6 Å². The molecule has 2 unspecified atom stereocenters. The second-order valence-corrected chi connectivity index (χ2v) is 4.25. The maximum atomic E-state index is 5.96. The van der Waals surface area contributed by atoms with Crippen LogP contribution in [0.5, 0.6) is 0 Å². The molecular formula is C9H15N3. The third kappa shape index (κ3) is 0.829. The van der Waals surface area contributed by atoms with Gasteiger partial charge in [-0.2, -0.15) is 0 Å². The number of rotatable bonds is 1. The Morgan fingerprint density at radius 2 is 2.17 bits per heavy atom. The van der Waals surface area contributed by atoms with Crippen molar-refractivity contribution in [1.29, 1.82) is 0 Å². The molecule has 2 rings (SSSR count). The summed E-state index contributed by atoms with van der Waals surface area (Å²) in [4.78, 5) is 4.09. The Labute approximate surface area is 72.6 Å². The van der Waals surface area contributed by atoms with E-state index in [4.69, 9.17) is 5.73 Å². The van der Waals surface area contributed by atoms with E-state index in [2.05, 4.69) is 23.4 Å². The molecule has 1 aliphatic rings. The Hall–Kier alpha value is -0.830. The topological polar surface area (TPSA) is 43.8 Å². The van der Waals surface area contributed by atoms with Crippen molar-refractivity contribution in [2.75, 3.05) is 0 Å². The normalized spacial score (nSPS) is 32.0. The maximum absolute atomic E-state index is 5.96. The Kier molecular flexibility index (Phi) is 1.37. The quantitative estimate of drug-likeness (QED) is 0.671. The zero-order valence-corrected chi connectivity index (χ0v) is 7.78. The van der Waals surface area contributed by atoms with Gasteiger partial charge in [0.05, 0.1) is 6.33 Å². The zero-order valence-electron chi connectivity index (χ0n) is 7.78. The molecule has 0 amide bonds. The molecule has 3 heteroatoms. The highest BCUT2D eigenvalue weighted by Crippen LogP contribution is 2.56. The molecule has 1 saturated carbocycles. The maximum Gasteiger partial charge on any atom is 0.0945 e. The minimum absolute atomic E-state index is 0.258. The van der Waals surface area contributed by atoms with E-state index < -0.39 is 0 Å². The van der Waals surface area contributed by atoms with Crippen LogP contribution in [0.25, 0.3) is 0 Å². The summed E-state index contributed by atoms with van der Waals surface area (Å²) in [5.74, 6) is 0.491. The predicted octanol–water partition coefficient (Wildman–Crippen LogP) is 0.871. The van der Waals surface area contributed by atoms with Crippen LogP contribution < -0.4 is 5.73 Å². The van der Waals surface area contributed by atoms with Gasteiger partial charge in [0, 0.05) is 30.9 Å². The summed E-state index contributed by atoms with van der Waals surface area (Å²) in [6.07, 6.45) is 3.75. The van der Waals surface area contributed by atoms with Gasteiger partial charge in [-0.25, -0.2) is 4.98 Å². The Balaban J connectivity index is 2.30. The van der Waals surface area contributed by atoms with E-state index in [0.29, 0.717) is 12.0 Å². The van der Waals surface area contributed by atoms with Crippen LogP contribution >= 0.6 is 0 Å². The highest BCUT2D eigenvalue weighted by Gasteiger charge is 2.57. The molecule has 66 valence electrons. The molecule has 12 heavy (non-hydrogen) atoms. The molecule has 0 aromatic carbocycles. The van der Waals surface area contributed by atoms with Gasteiger partial charge in [-0.15, -0.1) is 0 Å². The van der Waals surface area contributed by atoms with Crippen molar-refractivity contribution in [2.45, 2.75) is 25.8 Å². The molecule has 0 spiro atoms. The third-order valence-electron chi connectivity index (χ3n) is 3.08. The van der Waals surface area contributed by atoms with Crippen LogP contribution in [0.3, 0.4) is 0 Å². The molecule has 3 nitrogen and oxygen atoms in total. The van der Waals surface area contributed by atoms with Gasteiger partial charge in [-0.3, -0.25) is 0 Å². The Bertz CT molecular complexity index is 300. The first-order chi connectivity index (χ1) is 5.55. The van der Waals surface area contributed by atoms with E-state index in [9.17, 15) is 0 Å². The van der Waals surface area contributed by atoms with Gasteiger partial charge < -0.3 is 10.3 Å². The number of hydrogen-bond acceptors (Lipinski definition) is 2. The summed E-state index contributed by atoms with van der Waals surface area (Å²) >= 11 is 0. The monoisotopic (exact) mass is 165 g/mol. The first-order valence-corrected chi connectivity index (χ1v) is 4.27. The standard InChI is InChI=1S/C9H15N3/c1-9(2)7(8(9)10)6-4-11-5-12(6)3/h4-5,7-8H,10H2,1-3H3. The average Bonchev–Trinajstić information content (AvgIpc) is 2.39. The minimum atomic E-state index is 0.258. The molecule has 1 aromatic rings. The van der Waals surface area contributed by atoms with Crippen LogP contribution in [0.15, 0.2) is 12.5 Å². The lowest BCUT2D eigenvalue weighted by Crippen LogP contribution is -2.06. The van der Waals surface area contributed by atoms with Gasteiger partial charge in [-0.05, 0) is 5.41 Å². The van der Waals surface area contributed by atoms with Gasteiger partial charge in [0.15, 0.2) is 0 Å². The second-order valence-electron chi connectivity index (χ2n) is 4.25. The van der Waals surface area contributed by atoms with E-state index in [-0.39, 0.29) is 5.41 Å². The predicted molar refractivity (Wildman–Crippen MR) is 47.7 cm³/mol. The summed E-state index contributed by atoms with van der Waals surface area (Å²) in [5, 5.41) is 0. The molecule has 0 saturated heterocycles. The first-order valence-electron chi connectivity index (χ1n) is 4.27. The van der Waals surface area contributed by atoms with E-state index >= 15 is 0 Å². The van der Waals surface area contributed by atoms with Crippen molar-refractivity contribution >= 4 is 0 Å². The molecule has 2 N–H and O–H groups in total. The van der Waals surface area contributed by atoms with Crippen molar-refractivity contribution in [3.63, 3.8) is 0 Å². The van der Waals surface area contributed by atoms with E-state index in [1.165, 1.54) is 5.69 Å². The van der Waals surface area contributed by atoms with Crippen LogP contribution in [0.1, 0.15) is 25.5 Å². The summed E-state index contributed by atoms with van der Waals surface area (Å²) < 4.78 is 2.05. The second kappa shape index (κ2) is 2.10. The third-order valence-corrected chi connectivity index (χ3v) is 3.08. The summed E-state index contributed by atoms with van der Waals surface area (Å²) in [6, 6.07) is 0.299. The van der Waals surface area contributed by atoms with Crippen molar-refractivity contribution in [1.82, 2.24) is 9.55 Å². The van der Waals surface area contributed by atoms with E-state index in [0.717, 1.165) is 0 Å². The van der Waals surface area contributed by atoms with Crippen LogP contribution in [-0.4, -0.2) is 15.6 Å². The average molecular weight is 165 g/mol. The molecule has 1 aliphatic carbocycles. The molecule has 0 aliphatic heterocycles. The molecule has 1 aromatic heterocycles. The number of nitrogens with two attached hydrogens (primary N) is 1. The fourth-order valence-electron chi connectivity index (χ4n) is 1.91. The first kappa shape index (κ1) is 7.80. The van der Waals surface area contributed by atoms with Crippen LogP contribution in [0.4, 0.5) is 0 Å². The number of nitrogens with zero attached hydrogens (tertiary/aromatic N) is 2. The molecule has 1 fully saturated rings. The van der Waals surface area contributed by atoms with E-state index in [1.54, 1.807) is 0 Å². The number of imidazole rings is 1. The summed E-state index contributed by atoms with van der Waals surface area (Å²) in [5.41, 5.74) is 7.48. The lowest BCUT2D eigenvalue weighted by Gasteiger charge is -2.02. The molecule has 0 radical (unpaired) electrons. The number of hydrogen-bond donors (Lipinski definition) is 1. The van der Waals surface area contributed by atoms with Gasteiger partial charge >= 0.3 is 0 Å². The highest BCUT2D eigenvalue weighted by atomic mass is 15.0. The molecule has 0 bridgehead atoms. The van der Waals surface area contributed by atoms with Crippen LogP contribution in [0.2, 0.25) is 0 Å². The Morgan fingerprint density at radius 3 is 2.50 bits per heavy atom. The number of aryl methyl sites for hydroxylation is 1. The molecule has 2 atom stereocenters. The largest absolute Gasteiger partial charge is 0.337 e. The van der Waals surface area contributed by atoms with Crippen LogP contribution in [-0.2, 0) is 7.05 Å². The zero-order chi connectivity index (χ0) is 8.93. The van der Waals surface area contributed by atoms with Crippen molar-refractivity contribution in [3.8, 4) is 0 Å². The van der Waals surface area contributed by atoms with Crippen molar-refractivity contribution in [3.05, 3.63) is 18.2 Å². The summed E-state index contributed by atoms with van der Waals surface area (Å²) in [6.45, 7) is 4.41. The highest BCUT2D eigenvalue weighted by molar-refractivity contribution is 5.27. The van der Waals surface area contributed by atoms with Gasteiger partial charge in [0.2, 0.25) is 0 Å². The lowest BCUT2D eigenvalue weighted by molar-refractivity contribution is 0.589. The molecular weight excluding hydrogens is 150 g/mol. The fraction of sp³-hybridized carbons (Fsp3) is 0.667. The smallest absolute Gasteiger partial charge is 0.0945 e. The van der Waals surface area contributed by atoms with Crippen LogP contribution in [0, 0.1) is 5.41 Å². The summed E-state index contributed by atoms with van der Waals surface area (Å²) in [7, 11) is 2.02. The van der Waals surface area contributed by atoms with Crippen molar-refractivity contribution < 1.29 is 0 Å². The van der Waals surface area contributed by atoms with Gasteiger partial charge in [0.25, 0.3) is 0 Å². The molecule has 1 heterocycles.